The minimum Gasteiger partial charge on any atom is -0.361 e. The van der Waals surface area contributed by atoms with Gasteiger partial charge < -0.3 is 10.00 Å². The molecule has 2 atom stereocenters. The van der Waals surface area contributed by atoms with Gasteiger partial charge in [0.2, 0.25) is 5.79 Å². The van der Waals surface area contributed by atoms with Crippen LogP contribution in [0, 0.1) is 0 Å². The monoisotopic (exact) mass is 228 g/mol. The zero-order chi connectivity index (χ0) is 11.3. The third-order valence-corrected chi connectivity index (χ3v) is 2.41. The van der Waals surface area contributed by atoms with Crippen molar-refractivity contribution in [2.45, 2.75) is 12.2 Å². The van der Waals surface area contributed by atoms with E-state index in [1.54, 1.807) is 30.3 Å². The molecule has 2 N–H and O–H groups in total. The highest BCUT2D eigenvalue weighted by Crippen LogP contribution is 2.35. The Balaban J connectivity index is 3.00. The number of rotatable bonds is 5. The van der Waals surface area contributed by atoms with E-state index in [0.29, 0.717) is 5.56 Å². The molecule has 1 rings (SSSR count). The van der Waals surface area contributed by atoms with Crippen LogP contribution in [0.2, 0.25) is 0 Å². The van der Waals surface area contributed by atoms with Gasteiger partial charge in [0, 0.05) is 12.0 Å². The molecule has 0 saturated heterocycles. The largest absolute Gasteiger partial charge is 0.361 e. The van der Waals surface area contributed by atoms with Gasteiger partial charge in [-0.2, -0.15) is 0 Å². The molecule has 0 fully saturated rings. The lowest BCUT2D eigenvalue weighted by molar-refractivity contribution is -0.143. The maximum absolute atomic E-state index is 10.6. The minimum atomic E-state index is -3.21. The molecule has 1 aromatic carbocycles. The Hall–Kier alpha value is -0.930. The lowest BCUT2D eigenvalue weighted by atomic mass is 10.0. The van der Waals surface area contributed by atoms with Crippen molar-refractivity contribution in [1.29, 1.82) is 0 Å². The van der Waals surface area contributed by atoms with Gasteiger partial charge in [0.05, 0.1) is 0 Å². The first-order valence-corrected chi connectivity index (χ1v) is 5.65. The van der Waals surface area contributed by atoms with E-state index in [9.17, 15) is 9.67 Å². The smallest absolute Gasteiger partial charge is 0.319 e. The zero-order valence-corrected chi connectivity index (χ0v) is 9.09. The van der Waals surface area contributed by atoms with Crippen LogP contribution in [0.3, 0.4) is 0 Å². The van der Waals surface area contributed by atoms with Crippen LogP contribution in [0.15, 0.2) is 43.0 Å². The average Bonchev–Trinajstić information content (AvgIpc) is 2.18. The maximum atomic E-state index is 10.6. The summed E-state index contributed by atoms with van der Waals surface area (Å²) in [6.45, 7) is 3.47. The normalized spacial score (nSPS) is 16.7. The summed E-state index contributed by atoms with van der Waals surface area (Å²) in [5.41, 5.74) is 0.428. The zero-order valence-electron chi connectivity index (χ0n) is 8.09. The molecular weight excluding hydrogens is 215 g/mol. The Morgan fingerprint density at radius 1 is 1.47 bits per heavy atom. The van der Waals surface area contributed by atoms with E-state index < -0.39 is 14.0 Å². The molecule has 0 heterocycles. The van der Waals surface area contributed by atoms with Crippen LogP contribution in [0.1, 0.15) is 12.0 Å². The molecular formula is C10H13O4P. The van der Waals surface area contributed by atoms with Crippen LogP contribution in [0.25, 0.3) is 0 Å². The van der Waals surface area contributed by atoms with Gasteiger partial charge in [-0.25, -0.2) is 0 Å². The Morgan fingerprint density at radius 2 is 2.07 bits per heavy atom. The molecule has 1 aromatic rings. The van der Waals surface area contributed by atoms with Crippen molar-refractivity contribution < 1.29 is 19.1 Å². The van der Waals surface area contributed by atoms with Gasteiger partial charge in [-0.05, 0) is 0 Å². The Labute approximate surface area is 88.8 Å². The lowest BCUT2D eigenvalue weighted by Gasteiger charge is -2.25. The van der Waals surface area contributed by atoms with Crippen LogP contribution in [0.5, 0.6) is 0 Å². The highest BCUT2D eigenvalue weighted by Gasteiger charge is 2.30. The van der Waals surface area contributed by atoms with Gasteiger partial charge in [0.1, 0.15) is 0 Å². The summed E-state index contributed by atoms with van der Waals surface area (Å²) in [7, 11) is -3.21. The fraction of sp³-hybridized carbons (Fsp3) is 0.200. The van der Waals surface area contributed by atoms with Crippen molar-refractivity contribution in [3.05, 3.63) is 48.6 Å². The topological polar surface area (TPSA) is 66.8 Å². The predicted octanol–water partition coefficient (Wildman–Crippen LogP) is 1.81. The molecule has 0 bridgehead atoms. The molecule has 0 aliphatic heterocycles. The fourth-order valence-corrected chi connectivity index (χ4v) is 1.75. The molecule has 0 aromatic heterocycles. The number of benzene rings is 1. The molecule has 0 saturated carbocycles. The summed E-state index contributed by atoms with van der Waals surface area (Å²) in [5.74, 6) is -1.77. The maximum Gasteiger partial charge on any atom is 0.319 e. The van der Waals surface area contributed by atoms with Gasteiger partial charge in [-0.1, -0.05) is 36.4 Å². The van der Waals surface area contributed by atoms with Gasteiger partial charge in [0.25, 0.3) is 0 Å². The van der Waals surface area contributed by atoms with E-state index >= 15 is 0 Å². The van der Waals surface area contributed by atoms with Crippen LogP contribution in [-0.4, -0.2) is 10.00 Å². The summed E-state index contributed by atoms with van der Waals surface area (Å²) in [6, 6.07) is 8.44. The molecule has 0 spiro atoms. The van der Waals surface area contributed by atoms with E-state index in [-0.39, 0.29) is 6.42 Å². The second-order valence-electron chi connectivity index (χ2n) is 3.01. The van der Waals surface area contributed by atoms with E-state index in [2.05, 4.69) is 11.1 Å². The van der Waals surface area contributed by atoms with Gasteiger partial charge in [0.15, 0.2) is 0 Å². The molecule has 4 nitrogen and oxygen atoms in total. The molecule has 82 valence electrons. The van der Waals surface area contributed by atoms with Crippen molar-refractivity contribution in [3.8, 4) is 0 Å². The Morgan fingerprint density at radius 3 is 2.53 bits per heavy atom. The van der Waals surface area contributed by atoms with Crippen LogP contribution in [0.4, 0.5) is 0 Å². The summed E-state index contributed by atoms with van der Waals surface area (Å²) in [6.07, 6.45) is 1.48. The molecule has 0 aliphatic rings. The number of hydrogen-bond acceptors (Lipinski definition) is 3. The van der Waals surface area contributed by atoms with E-state index in [4.69, 9.17) is 4.89 Å². The summed E-state index contributed by atoms with van der Waals surface area (Å²) >= 11 is 0. The average molecular weight is 228 g/mol. The standard InChI is InChI=1S/C10H13O4P/c1-2-8-10(11,14-15(12)13)9-6-4-3-5-7-9/h2-7,11,15H,1,8H2,(H,12,13). The molecule has 2 unspecified atom stereocenters. The predicted molar refractivity (Wildman–Crippen MR) is 57.5 cm³/mol. The van der Waals surface area contributed by atoms with Gasteiger partial charge in [-0.15, -0.1) is 6.58 Å². The van der Waals surface area contributed by atoms with Crippen LogP contribution >= 0.6 is 8.25 Å². The third kappa shape index (κ3) is 3.29. The van der Waals surface area contributed by atoms with E-state index in [1.165, 1.54) is 6.08 Å². The molecule has 15 heavy (non-hydrogen) atoms. The SMILES string of the molecule is C=CCC(O)(O[PH](=O)O)c1ccccc1. The van der Waals surface area contributed by atoms with Crippen molar-refractivity contribution in [2.24, 2.45) is 0 Å². The Kier molecular flexibility index (Phi) is 4.24. The quantitative estimate of drug-likeness (QED) is 0.458. The van der Waals surface area contributed by atoms with E-state index in [1.807, 2.05) is 0 Å². The molecule has 0 amide bonds. The molecule has 0 aliphatic carbocycles. The van der Waals surface area contributed by atoms with E-state index in [0.717, 1.165) is 0 Å². The van der Waals surface area contributed by atoms with Crippen molar-refractivity contribution >= 4 is 8.25 Å². The van der Waals surface area contributed by atoms with Crippen LogP contribution < -0.4 is 0 Å². The first kappa shape index (κ1) is 12.1. The van der Waals surface area contributed by atoms with Crippen LogP contribution in [-0.2, 0) is 14.9 Å². The second kappa shape index (κ2) is 5.24. The Bertz CT molecular complexity index is 352. The molecule has 5 heteroatoms. The van der Waals surface area contributed by atoms with Gasteiger partial charge in [-0.3, -0.25) is 9.09 Å². The summed E-state index contributed by atoms with van der Waals surface area (Å²) < 4.78 is 15.3. The lowest BCUT2D eigenvalue weighted by Crippen LogP contribution is -2.26. The summed E-state index contributed by atoms with van der Waals surface area (Å²) in [5, 5.41) is 10.0. The van der Waals surface area contributed by atoms with Gasteiger partial charge >= 0.3 is 8.25 Å². The third-order valence-electron chi connectivity index (χ3n) is 1.90. The second-order valence-corrected chi connectivity index (χ2v) is 3.75. The number of hydrogen-bond donors (Lipinski definition) is 2. The summed E-state index contributed by atoms with van der Waals surface area (Å²) in [4.78, 5) is 8.71. The molecule has 0 radical (unpaired) electrons. The first-order valence-electron chi connectivity index (χ1n) is 4.39. The first-order chi connectivity index (χ1) is 7.08. The number of aliphatic hydroxyl groups is 1. The highest BCUT2D eigenvalue weighted by atomic mass is 31.1. The van der Waals surface area contributed by atoms with Crippen molar-refractivity contribution in [2.75, 3.05) is 0 Å². The fourth-order valence-electron chi connectivity index (χ4n) is 1.26. The van der Waals surface area contributed by atoms with Crippen molar-refractivity contribution in [3.63, 3.8) is 0 Å². The minimum absolute atomic E-state index is 0.0496. The highest BCUT2D eigenvalue weighted by molar-refractivity contribution is 7.32. The van der Waals surface area contributed by atoms with Crippen molar-refractivity contribution in [1.82, 2.24) is 0 Å².